The third-order valence-electron chi connectivity index (χ3n) is 3.62. The van der Waals surface area contributed by atoms with Crippen molar-refractivity contribution >= 4 is 51.9 Å². The average molecular weight is 384 g/mol. The number of nitrogens with zero attached hydrogens (tertiary/aromatic N) is 4. The second kappa shape index (κ2) is 6.33. The van der Waals surface area contributed by atoms with Crippen LogP contribution in [0.1, 0.15) is 12.7 Å². The Morgan fingerprint density at radius 1 is 1.48 bits per heavy atom. The quantitative estimate of drug-likeness (QED) is 0.221. The molecule has 1 saturated heterocycles. The second-order valence-electron chi connectivity index (χ2n) is 5.20. The summed E-state index contributed by atoms with van der Waals surface area (Å²) in [6.45, 7) is 1.64. The lowest BCUT2D eigenvalue weighted by molar-refractivity contribution is -0.150. The molecule has 1 aromatic rings. The van der Waals surface area contributed by atoms with Gasteiger partial charge in [0, 0.05) is 17.3 Å². The number of β-lactam (4-membered cyclic amide) rings is 1. The molecule has 13 heteroatoms. The van der Waals surface area contributed by atoms with Crippen LogP contribution in [0.25, 0.3) is 0 Å². The third-order valence-corrected chi connectivity index (χ3v) is 5.58. The maximum Gasteiger partial charge on any atom is 0.352 e. The first-order chi connectivity index (χ1) is 11.8. The lowest BCUT2D eigenvalue weighted by atomic mass is 10.0. The van der Waals surface area contributed by atoms with Crippen molar-refractivity contribution in [2.45, 2.75) is 18.3 Å². The van der Waals surface area contributed by atoms with E-state index >= 15 is 0 Å². The number of nitrogen functional groups attached to an aromatic ring is 1. The highest BCUT2D eigenvalue weighted by Gasteiger charge is 2.54. The fourth-order valence-corrected chi connectivity index (χ4v) is 4.24. The molecule has 0 radical (unpaired) electrons. The van der Waals surface area contributed by atoms with Crippen molar-refractivity contribution in [2.24, 2.45) is 5.16 Å². The number of carboxylic acid groups (broad SMARTS) is 1. The number of fused-ring (bicyclic) bond motifs is 1. The number of aromatic nitrogens is 2. The Morgan fingerprint density at radius 3 is 2.76 bits per heavy atom. The van der Waals surface area contributed by atoms with E-state index in [-0.39, 0.29) is 16.7 Å². The number of hydrogen-bond acceptors (Lipinski definition) is 10. The number of hydrogen-bond donors (Lipinski definition) is 4. The number of thioether (sulfide) groups is 1. The molecule has 3 heterocycles. The van der Waals surface area contributed by atoms with E-state index in [0.717, 1.165) is 16.4 Å². The van der Waals surface area contributed by atoms with Crippen LogP contribution in [0.5, 0.6) is 0 Å². The van der Waals surface area contributed by atoms with Gasteiger partial charge in [0.25, 0.3) is 11.8 Å². The summed E-state index contributed by atoms with van der Waals surface area (Å²) >= 11 is 2.15. The normalized spacial score (nSPS) is 23.2. The summed E-state index contributed by atoms with van der Waals surface area (Å²) in [6.07, 6.45) is 0. The van der Waals surface area contributed by atoms with Crippen molar-refractivity contribution in [3.8, 4) is 0 Å². The van der Waals surface area contributed by atoms with E-state index in [1.807, 2.05) is 0 Å². The minimum atomic E-state index is -1.19. The number of aliphatic carboxylic acids is 1. The maximum absolute atomic E-state index is 12.3. The van der Waals surface area contributed by atoms with Crippen LogP contribution in [-0.4, -0.2) is 65.2 Å². The number of oxime groups is 1. The standard InChI is InChI=1S/C12H12N6O5S2/c1-3-2-24-10-5(9(20)18(10)6(3)11(21)22)14-8(19)4(16-23)7-15-12(13)25-17-7/h5,10,23H,2H2,1H3,(H,14,19)(H,21,22)(H2,13,15,17)/b16-4-/t5-,10-/m1/s1. The SMILES string of the molecule is CC1=C(C(=O)O)N2C(=O)[C@@H](NC(=O)/C(=N\O)c3nsc(N)n3)[C@H]2SC1. The molecule has 0 saturated carbocycles. The average Bonchev–Trinajstić information content (AvgIpc) is 2.98. The summed E-state index contributed by atoms with van der Waals surface area (Å²) in [4.78, 5) is 40.8. The first-order valence-corrected chi connectivity index (χ1v) is 8.67. The van der Waals surface area contributed by atoms with E-state index < -0.39 is 34.9 Å². The minimum Gasteiger partial charge on any atom is -0.477 e. The predicted octanol–water partition coefficient (Wildman–Crippen LogP) is -0.943. The van der Waals surface area contributed by atoms with E-state index in [4.69, 9.17) is 10.9 Å². The molecule has 2 aliphatic rings. The van der Waals surface area contributed by atoms with Crippen LogP contribution >= 0.6 is 23.3 Å². The topological polar surface area (TPSA) is 171 Å². The summed E-state index contributed by atoms with van der Waals surface area (Å²) in [5.41, 5.74) is 5.46. The van der Waals surface area contributed by atoms with Gasteiger partial charge in [-0.25, -0.2) is 4.79 Å². The molecule has 1 fully saturated rings. The molecule has 1 aromatic heterocycles. The van der Waals surface area contributed by atoms with Gasteiger partial charge in [-0.2, -0.15) is 9.36 Å². The second-order valence-corrected chi connectivity index (χ2v) is 7.09. The Balaban J connectivity index is 1.76. The third kappa shape index (κ3) is 2.80. The summed E-state index contributed by atoms with van der Waals surface area (Å²) in [5, 5.41) is 23.1. The Kier molecular flexibility index (Phi) is 4.34. The monoisotopic (exact) mass is 384 g/mol. The van der Waals surface area contributed by atoms with E-state index in [2.05, 4.69) is 19.8 Å². The molecule has 0 aromatic carbocycles. The van der Waals surface area contributed by atoms with Crippen LogP contribution in [-0.2, 0) is 14.4 Å². The van der Waals surface area contributed by atoms with E-state index in [9.17, 15) is 19.5 Å². The van der Waals surface area contributed by atoms with Crippen molar-refractivity contribution in [2.75, 3.05) is 11.5 Å². The zero-order valence-electron chi connectivity index (χ0n) is 12.7. The summed E-state index contributed by atoms with van der Waals surface area (Å²) in [5.74, 6) is -2.34. The molecule has 2 amide bonds. The van der Waals surface area contributed by atoms with E-state index in [1.54, 1.807) is 6.92 Å². The van der Waals surface area contributed by atoms with Crippen LogP contribution < -0.4 is 11.1 Å². The van der Waals surface area contributed by atoms with Crippen LogP contribution in [0.2, 0.25) is 0 Å². The number of rotatable bonds is 4. The molecular weight excluding hydrogens is 372 g/mol. The summed E-state index contributed by atoms with van der Waals surface area (Å²) < 4.78 is 3.77. The van der Waals surface area contributed by atoms with Gasteiger partial charge in [0.15, 0.2) is 5.13 Å². The zero-order chi connectivity index (χ0) is 18.3. The Hall–Kier alpha value is -2.67. The van der Waals surface area contributed by atoms with Crippen LogP contribution in [0.15, 0.2) is 16.4 Å². The highest BCUT2D eigenvalue weighted by atomic mass is 32.2. The van der Waals surface area contributed by atoms with Gasteiger partial charge in [-0.15, -0.1) is 11.8 Å². The Labute approximate surface area is 148 Å². The minimum absolute atomic E-state index is 0.0655. The van der Waals surface area contributed by atoms with Gasteiger partial charge in [-0.1, -0.05) is 5.16 Å². The zero-order valence-corrected chi connectivity index (χ0v) is 14.3. The van der Waals surface area contributed by atoms with Crippen LogP contribution in [0.3, 0.4) is 0 Å². The molecule has 0 spiro atoms. The number of carbonyl (C=O) groups excluding carboxylic acids is 2. The van der Waals surface area contributed by atoms with Gasteiger partial charge >= 0.3 is 5.97 Å². The largest absolute Gasteiger partial charge is 0.477 e. The molecule has 3 rings (SSSR count). The number of amides is 2. The first-order valence-electron chi connectivity index (χ1n) is 6.85. The van der Waals surface area contributed by atoms with Crippen molar-refractivity contribution < 1.29 is 24.7 Å². The fraction of sp³-hybridized carbons (Fsp3) is 0.333. The molecule has 25 heavy (non-hydrogen) atoms. The highest BCUT2D eigenvalue weighted by Crippen LogP contribution is 2.40. The molecular formula is C12H12N6O5S2. The van der Waals surface area contributed by atoms with Crippen molar-refractivity contribution in [1.29, 1.82) is 0 Å². The predicted molar refractivity (Wildman–Crippen MR) is 88.0 cm³/mol. The van der Waals surface area contributed by atoms with Gasteiger partial charge in [-0.3, -0.25) is 14.5 Å². The van der Waals surface area contributed by atoms with Gasteiger partial charge in [-0.05, 0) is 12.5 Å². The van der Waals surface area contributed by atoms with Gasteiger partial charge in [0.2, 0.25) is 11.5 Å². The molecule has 2 atom stereocenters. The number of nitrogens with two attached hydrogens (primary N) is 1. The molecule has 11 nitrogen and oxygen atoms in total. The Morgan fingerprint density at radius 2 is 2.20 bits per heavy atom. The first kappa shape index (κ1) is 17.2. The van der Waals surface area contributed by atoms with Crippen LogP contribution in [0.4, 0.5) is 5.13 Å². The van der Waals surface area contributed by atoms with E-state index in [0.29, 0.717) is 11.3 Å². The number of carboxylic acids is 1. The van der Waals surface area contributed by atoms with Crippen LogP contribution in [0, 0.1) is 0 Å². The van der Waals surface area contributed by atoms with Gasteiger partial charge in [0.1, 0.15) is 17.1 Å². The molecule has 5 N–H and O–H groups in total. The number of carbonyl (C=O) groups is 3. The lowest BCUT2D eigenvalue weighted by Gasteiger charge is -2.49. The smallest absolute Gasteiger partial charge is 0.352 e. The van der Waals surface area contributed by atoms with Gasteiger partial charge < -0.3 is 21.4 Å². The molecule has 0 bridgehead atoms. The Bertz CT molecular complexity index is 834. The molecule has 0 unspecified atom stereocenters. The van der Waals surface area contributed by atoms with Crippen molar-refractivity contribution in [3.05, 3.63) is 17.1 Å². The number of anilines is 1. The molecule has 132 valence electrons. The van der Waals surface area contributed by atoms with Crippen molar-refractivity contribution in [1.82, 2.24) is 19.6 Å². The highest BCUT2D eigenvalue weighted by molar-refractivity contribution is 8.00. The fourth-order valence-electron chi connectivity index (χ4n) is 2.51. The number of nitrogens with one attached hydrogen (secondary N) is 1. The maximum atomic E-state index is 12.3. The molecule has 2 aliphatic heterocycles. The summed E-state index contributed by atoms with van der Waals surface area (Å²) in [7, 11) is 0. The summed E-state index contributed by atoms with van der Waals surface area (Å²) in [6, 6.07) is -0.937. The van der Waals surface area contributed by atoms with Crippen molar-refractivity contribution in [3.63, 3.8) is 0 Å². The van der Waals surface area contributed by atoms with E-state index in [1.165, 1.54) is 11.8 Å². The molecule has 0 aliphatic carbocycles. The lowest BCUT2D eigenvalue weighted by Crippen LogP contribution is -2.71. The van der Waals surface area contributed by atoms with Gasteiger partial charge in [0.05, 0.1) is 0 Å².